The van der Waals surface area contributed by atoms with Crippen LogP contribution in [-0.4, -0.2) is 19.3 Å². The van der Waals surface area contributed by atoms with E-state index in [1.165, 1.54) is 6.07 Å². The quantitative estimate of drug-likeness (QED) is 0.908. The van der Waals surface area contributed by atoms with E-state index in [-0.39, 0.29) is 5.82 Å². The molecule has 0 spiro atoms. The highest BCUT2D eigenvalue weighted by Crippen LogP contribution is 2.26. The smallest absolute Gasteiger partial charge is 0.124 e. The van der Waals surface area contributed by atoms with Crippen LogP contribution >= 0.6 is 0 Å². The summed E-state index contributed by atoms with van der Waals surface area (Å²) < 4.78 is 19.1. The molecule has 0 bridgehead atoms. The second kappa shape index (κ2) is 6.90. The van der Waals surface area contributed by atoms with Crippen molar-refractivity contribution in [3.63, 3.8) is 0 Å². The van der Waals surface area contributed by atoms with Gasteiger partial charge in [-0.2, -0.15) is 0 Å². The first-order chi connectivity index (χ1) is 10.7. The second-order valence-electron chi connectivity index (χ2n) is 5.66. The van der Waals surface area contributed by atoms with Crippen molar-refractivity contribution < 1.29 is 9.13 Å². The molecule has 1 heterocycles. The van der Waals surface area contributed by atoms with Crippen molar-refractivity contribution in [2.45, 2.75) is 25.4 Å². The molecule has 4 heteroatoms. The molecular weight excluding hydrogens is 279 g/mol. The number of anilines is 1. The fourth-order valence-corrected chi connectivity index (χ4v) is 2.80. The van der Waals surface area contributed by atoms with Gasteiger partial charge in [-0.15, -0.1) is 0 Å². The van der Waals surface area contributed by atoms with Crippen molar-refractivity contribution in [1.29, 1.82) is 0 Å². The van der Waals surface area contributed by atoms with Crippen molar-refractivity contribution in [1.82, 2.24) is 0 Å². The molecule has 0 saturated carbocycles. The van der Waals surface area contributed by atoms with E-state index < -0.39 is 0 Å². The third-order valence-corrected chi connectivity index (χ3v) is 3.98. The number of halogens is 1. The zero-order chi connectivity index (χ0) is 15.4. The Labute approximate surface area is 130 Å². The van der Waals surface area contributed by atoms with Gasteiger partial charge in [-0.05, 0) is 59.9 Å². The zero-order valence-corrected chi connectivity index (χ0v) is 12.5. The molecule has 2 aromatic rings. The summed E-state index contributed by atoms with van der Waals surface area (Å²) in [4.78, 5) is 0. The molecule has 0 amide bonds. The lowest BCUT2D eigenvalue weighted by Gasteiger charge is -2.24. The standard InChI is InChI=1S/C18H21FN2O/c19-16-9-13(12-20)8-15(10-16)14-2-1-3-18(11-14)21-17-4-6-22-7-5-17/h1-3,8-11,17,21H,4-7,12,20H2. The molecule has 3 rings (SSSR count). The molecule has 0 unspecified atom stereocenters. The van der Waals surface area contributed by atoms with Crippen LogP contribution in [0.2, 0.25) is 0 Å². The first kappa shape index (κ1) is 15.0. The maximum absolute atomic E-state index is 13.7. The predicted octanol–water partition coefficient (Wildman–Crippen LogP) is 3.54. The molecular formula is C18H21FN2O. The summed E-state index contributed by atoms with van der Waals surface area (Å²) >= 11 is 0. The van der Waals surface area contributed by atoms with Gasteiger partial charge in [0.25, 0.3) is 0 Å². The number of benzene rings is 2. The average Bonchev–Trinajstić information content (AvgIpc) is 2.55. The van der Waals surface area contributed by atoms with Gasteiger partial charge >= 0.3 is 0 Å². The van der Waals surface area contributed by atoms with Crippen LogP contribution in [0.3, 0.4) is 0 Å². The number of nitrogens with two attached hydrogens (primary N) is 1. The second-order valence-corrected chi connectivity index (χ2v) is 5.66. The third-order valence-electron chi connectivity index (χ3n) is 3.98. The van der Waals surface area contributed by atoms with Crippen LogP contribution in [0.15, 0.2) is 42.5 Å². The minimum absolute atomic E-state index is 0.249. The minimum atomic E-state index is -0.249. The summed E-state index contributed by atoms with van der Waals surface area (Å²) in [5.41, 5.74) is 9.34. The van der Waals surface area contributed by atoms with Gasteiger partial charge in [0.1, 0.15) is 5.82 Å². The Hall–Kier alpha value is -1.91. The molecule has 3 N–H and O–H groups in total. The summed E-state index contributed by atoms with van der Waals surface area (Å²) in [5.74, 6) is -0.249. The highest BCUT2D eigenvalue weighted by molar-refractivity contribution is 5.69. The lowest BCUT2D eigenvalue weighted by molar-refractivity contribution is 0.0904. The topological polar surface area (TPSA) is 47.3 Å². The van der Waals surface area contributed by atoms with Crippen LogP contribution in [0.4, 0.5) is 10.1 Å². The van der Waals surface area contributed by atoms with Crippen LogP contribution in [-0.2, 0) is 11.3 Å². The molecule has 1 aliphatic rings. The maximum Gasteiger partial charge on any atom is 0.124 e. The highest BCUT2D eigenvalue weighted by Gasteiger charge is 2.13. The summed E-state index contributed by atoms with van der Waals surface area (Å²) in [5, 5.41) is 3.54. The van der Waals surface area contributed by atoms with E-state index in [2.05, 4.69) is 11.4 Å². The van der Waals surface area contributed by atoms with Gasteiger partial charge in [-0.1, -0.05) is 12.1 Å². The van der Waals surface area contributed by atoms with Crippen molar-refractivity contribution in [2.75, 3.05) is 18.5 Å². The van der Waals surface area contributed by atoms with Crippen LogP contribution in [0, 0.1) is 5.82 Å². The fourth-order valence-electron chi connectivity index (χ4n) is 2.80. The molecule has 116 valence electrons. The number of hydrogen-bond acceptors (Lipinski definition) is 3. The van der Waals surface area contributed by atoms with E-state index in [9.17, 15) is 4.39 Å². The van der Waals surface area contributed by atoms with Crippen molar-refractivity contribution in [3.05, 3.63) is 53.8 Å². The molecule has 0 atom stereocenters. The molecule has 1 aliphatic heterocycles. The van der Waals surface area contributed by atoms with E-state index in [1.54, 1.807) is 6.07 Å². The lowest BCUT2D eigenvalue weighted by Crippen LogP contribution is -2.27. The van der Waals surface area contributed by atoms with Gasteiger partial charge < -0.3 is 15.8 Å². The van der Waals surface area contributed by atoms with E-state index in [1.807, 2.05) is 24.3 Å². The van der Waals surface area contributed by atoms with Gasteiger partial charge in [-0.3, -0.25) is 0 Å². The summed E-state index contributed by atoms with van der Waals surface area (Å²) in [6, 6.07) is 13.5. The van der Waals surface area contributed by atoms with Crippen molar-refractivity contribution in [3.8, 4) is 11.1 Å². The van der Waals surface area contributed by atoms with Crippen LogP contribution in [0.25, 0.3) is 11.1 Å². The number of ether oxygens (including phenoxy) is 1. The fraction of sp³-hybridized carbons (Fsp3) is 0.333. The zero-order valence-electron chi connectivity index (χ0n) is 12.5. The molecule has 3 nitrogen and oxygen atoms in total. The first-order valence-electron chi connectivity index (χ1n) is 7.69. The largest absolute Gasteiger partial charge is 0.382 e. The summed E-state index contributed by atoms with van der Waals surface area (Å²) in [7, 11) is 0. The summed E-state index contributed by atoms with van der Waals surface area (Å²) in [6.07, 6.45) is 2.03. The molecule has 1 saturated heterocycles. The molecule has 22 heavy (non-hydrogen) atoms. The number of nitrogens with one attached hydrogen (secondary N) is 1. The summed E-state index contributed by atoms with van der Waals surface area (Å²) in [6.45, 7) is 1.95. The number of rotatable bonds is 4. The Kier molecular flexibility index (Phi) is 4.71. The Balaban J connectivity index is 1.82. The van der Waals surface area contributed by atoms with Crippen LogP contribution < -0.4 is 11.1 Å². The number of hydrogen-bond donors (Lipinski definition) is 2. The van der Waals surface area contributed by atoms with E-state index >= 15 is 0 Å². The monoisotopic (exact) mass is 300 g/mol. The molecule has 0 aliphatic carbocycles. The van der Waals surface area contributed by atoms with Crippen molar-refractivity contribution >= 4 is 5.69 Å². The van der Waals surface area contributed by atoms with E-state index in [0.717, 1.165) is 48.4 Å². The Bertz CT molecular complexity index is 639. The first-order valence-corrected chi connectivity index (χ1v) is 7.69. The van der Waals surface area contributed by atoms with Crippen LogP contribution in [0.5, 0.6) is 0 Å². The Morgan fingerprint density at radius 3 is 2.68 bits per heavy atom. The van der Waals surface area contributed by atoms with Gasteiger partial charge in [0, 0.05) is 31.5 Å². The van der Waals surface area contributed by atoms with Gasteiger partial charge in [0.15, 0.2) is 0 Å². The van der Waals surface area contributed by atoms with Gasteiger partial charge in [0.05, 0.1) is 0 Å². The van der Waals surface area contributed by atoms with E-state index in [4.69, 9.17) is 10.5 Å². The minimum Gasteiger partial charge on any atom is -0.382 e. The Morgan fingerprint density at radius 2 is 1.91 bits per heavy atom. The SMILES string of the molecule is NCc1cc(F)cc(-c2cccc(NC3CCOCC3)c2)c1. The molecule has 2 aromatic carbocycles. The van der Waals surface area contributed by atoms with Crippen LogP contribution in [0.1, 0.15) is 18.4 Å². The molecule has 1 fully saturated rings. The average molecular weight is 300 g/mol. The van der Waals surface area contributed by atoms with Gasteiger partial charge in [-0.25, -0.2) is 4.39 Å². The maximum atomic E-state index is 13.7. The molecule has 0 aromatic heterocycles. The molecule has 0 radical (unpaired) electrons. The van der Waals surface area contributed by atoms with E-state index in [0.29, 0.717) is 12.6 Å². The third kappa shape index (κ3) is 3.64. The van der Waals surface area contributed by atoms with Gasteiger partial charge in [0.2, 0.25) is 0 Å². The Morgan fingerprint density at radius 1 is 1.09 bits per heavy atom. The lowest BCUT2D eigenvalue weighted by atomic mass is 10.0. The predicted molar refractivity (Wildman–Crippen MR) is 87.2 cm³/mol. The van der Waals surface area contributed by atoms with Crippen molar-refractivity contribution in [2.24, 2.45) is 5.73 Å². The highest BCUT2D eigenvalue weighted by atomic mass is 19.1. The normalized spacial score (nSPS) is 15.7.